The van der Waals surface area contributed by atoms with E-state index in [0.29, 0.717) is 10.9 Å². The first-order chi connectivity index (χ1) is 10.0. The number of nitrogens with one attached hydrogen (secondary N) is 1. The van der Waals surface area contributed by atoms with Crippen LogP contribution < -0.4 is 5.32 Å². The van der Waals surface area contributed by atoms with Gasteiger partial charge >= 0.3 is 0 Å². The summed E-state index contributed by atoms with van der Waals surface area (Å²) in [5, 5.41) is 8.87. The number of hydrogen-bond acceptors (Lipinski definition) is 3. The van der Waals surface area contributed by atoms with Gasteiger partial charge in [0.2, 0.25) is 0 Å². The Hall–Kier alpha value is -1.40. The lowest BCUT2D eigenvalue weighted by molar-refractivity contribution is 0.506. The van der Waals surface area contributed by atoms with Crippen molar-refractivity contribution in [2.45, 2.75) is 42.3 Å². The molecule has 1 aromatic heterocycles. The van der Waals surface area contributed by atoms with Crippen LogP contribution in [0.5, 0.6) is 0 Å². The standard InChI is InChI=1S/C15H17F2N3S/c1-9-12(8-18-10-3-4-10)15(20(2)19-9)21-11-5-6-13(16)14(17)7-11/h5-7,10,18H,3-4,8H2,1-2H3. The molecule has 21 heavy (non-hydrogen) atoms. The quantitative estimate of drug-likeness (QED) is 0.918. The van der Waals surface area contributed by atoms with Crippen molar-refractivity contribution >= 4 is 11.8 Å². The van der Waals surface area contributed by atoms with E-state index in [1.165, 1.54) is 30.7 Å². The Balaban J connectivity index is 1.84. The van der Waals surface area contributed by atoms with Gasteiger partial charge in [-0.2, -0.15) is 5.10 Å². The van der Waals surface area contributed by atoms with E-state index in [2.05, 4.69) is 10.4 Å². The third kappa shape index (κ3) is 3.27. The van der Waals surface area contributed by atoms with Crippen molar-refractivity contribution in [2.24, 2.45) is 7.05 Å². The second kappa shape index (κ2) is 5.77. The summed E-state index contributed by atoms with van der Waals surface area (Å²) in [4.78, 5) is 0.671. The Labute approximate surface area is 126 Å². The van der Waals surface area contributed by atoms with E-state index >= 15 is 0 Å². The van der Waals surface area contributed by atoms with Crippen LogP contribution in [0.2, 0.25) is 0 Å². The molecule has 1 fully saturated rings. The summed E-state index contributed by atoms with van der Waals surface area (Å²) in [7, 11) is 1.87. The molecule has 0 saturated heterocycles. The summed E-state index contributed by atoms with van der Waals surface area (Å²) in [6.07, 6.45) is 2.45. The monoisotopic (exact) mass is 309 g/mol. The van der Waals surface area contributed by atoms with Crippen LogP contribution in [-0.4, -0.2) is 15.8 Å². The SMILES string of the molecule is Cc1nn(C)c(Sc2ccc(F)c(F)c2)c1CNC1CC1. The highest BCUT2D eigenvalue weighted by Crippen LogP contribution is 2.33. The molecule has 2 aromatic rings. The van der Waals surface area contributed by atoms with Gasteiger partial charge in [0, 0.05) is 30.1 Å². The number of aryl methyl sites for hydroxylation is 2. The minimum atomic E-state index is -0.823. The van der Waals surface area contributed by atoms with Crippen LogP contribution in [0.15, 0.2) is 28.1 Å². The van der Waals surface area contributed by atoms with Crippen molar-refractivity contribution in [1.82, 2.24) is 15.1 Å². The van der Waals surface area contributed by atoms with E-state index < -0.39 is 11.6 Å². The Morgan fingerprint density at radius 1 is 1.33 bits per heavy atom. The van der Waals surface area contributed by atoms with E-state index in [0.717, 1.165) is 28.9 Å². The Bertz CT molecular complexity index is 665. The van der Waals surface area contributed by atoms with E-state index in [-0.39, 0.29) is 0 Å². The molecule has 6 heteroatoms. The molecule has 0 atom stereocenters. The summed E-state index contributed by atoms with van der Waals surface area (Å²) >= 11 is 1.41. The van der Waals surface area contributed by atoms with Crippen LogP contribution in [-0.2, 0) is 13.6 Å². The largest absolute Gasteiger partial charge is 0.310 e. The van der Waals surface area contributed by atoms with Crippen LogP contribution in [0.25, 0.3) is 0 Å². The molecule has 1 aliphatic rings. The topological polar surface area (TPSA) is 29.9 Å². The van der Waals surface area contributed by atoms with Gasteiger partial charge in [0.1, 0.15) is 5.03 Å². The highest BCUT2D eigenvalue weighted by molar-refractivity contribution is 7.99. The van der Waals surface area contributed by atoms with Crippen LogP contribution in [0, 0.1) is 18.6 Å². The van der Waals surface area contributed by atoms with Gasteiger partial charge in [-0.3, -0.25) is 4.68 Å². The molecule has 1 aromatic carbocycles. The number of hydrogen-bond donors (Lipinski definition) is 1. The van der Waals surface area contributed by atoms with Crippen LogP contribution in [0.3, 0.4) is 0 Å². The van der Waals surface area contributed by atoms with Gasteiger partial charge in [-0.05, 0) is 38.0 Å². The van der Waals surface area contributed by atoms with Crippen molar-refractivity contribution in [1.29, 1.82) is 0 Å². The first-order valence-corrected chi connectivity index (χ1v) is 7.75. The summed E-state index contributed by atoms with van der Waals surface area (Å²) in [6, 6.07) is 4.58. The fourth-order valence-electron chi connectivity index (χ4n) is 2.20. The fourth-order valence-corrected chi connectivity index (χ4v) is 3.24. The van der Waals surface area contributed by atoms with Crippen molar-refractivity contribution in [2.75, 3.05) is 0 Å². The van der Waals surface area contributed by atoms with E-state index in [4.69, 9.17) is 0 Å². The number of nitrogens with zero attached hydrogens (tertiary/aromatic N) is 2. The predicted molar refractivity (Wildman–Crippen MR) is 78.3 cm³/mol. The van der Waals surface area contributed by atoms with Gasteiger partial charge in [-0.15, -0.1) is 0 Å². The third-order valence-electron chi connectivity index (χ3n) is 3.54. The summed E-state index contributed by atoms with van der Waals surface area (Å²) in [5.41, 5.74) is 2.09. The number of rotatable bonds is 5. The van der Waals surface area contributed by atoms with Crippen molar-refractivity contribution in [3.8, 4) is 0 Å². The van der Waals surface area contributed by atoms with Crippen molar-refractivity contribution in [3.63, 3.8) is 0 Å². The molecule has 1 N–H and O–H groups in total. The van der Waals surface area contributed by atoms with E-state index in [9.17, 15) is 8.78 Å². The molecule has 0 aliphatic heterocycles. The lowest BCUT2D eigenvalue weighted by atomic mass is 10.2. The smallest absolute Gasteiger partial charge is 0.159 e. The first-order valence-electron chi connectivity index (χ1n) is 6.93. The molecule has 0 unspecified atom stereocenters. The second-order valence-electron chi connectivity index (χ2n) is 5.33. The van der Waals surface area contributed by atoms with Gasteiger partial charge in [-0.25, -0.2) is 8.78 Å². The van der Waals surface area contributed by atoms with Crippen LogP contribution in [0.1, 0.15) is 24.1 Å². The average molecular weight is 309 g/mol. The molecular weight excluding hydrogens is 292 g/mol. The number of aromatic nitrogens is 2. The molecule has 0 bridgehead atoms. The van der Waals surface area contributed by atoms with Gasteiger partial charge in [0.05, 0.1) is 5.69 Å². The van der Waals surface area contributed by atoms with Crippen molar-refractivity contribution in [3.05, 3.63) is 41.1 Å². The molecular formula is C15H17F2N3S. The Kier molecular flexibility index (Phi) is 3.99. The zero-order valence-corrected chi connectivity index (χ0v) is 12.8. The van der Waals surface area contributed by atoms with E-state index in [1.54, 1.807) is 10.7 Å². The molecule has 0 spiro atoms. The van der Waals surface area contributed by atoms with Gasteiger partial charge in [-0.1, -0.05) is 11.8 Å². The Morgan fingerprint density at radius 3 is 2.76 bits per heavy atom. The van der Waals surface area contributed by atoms with E-state index in [1.807, 2.05) is 14.0 Å². The maximum atomic E-state index is 13.3. The number of benzene rings is 1. The average Bonchev–Trinajstić information content (AvgIpc) is 3.21. The zero-order valence-electron chi connectivity index (χ0n) is 12.0. The fraction of sp³-hybridized carbons (Fsp3) is 0.400. The maximum Gasteiger partial charge on any atom is 0.159 e. The third-order valence-corrected chi connectivity index (χ3v) is 4.73. The number of halogens is 2. The highest BCUT2D eigenvalue weighted by atomic mass is 32.2. The highest BCUT2D eigenvalue weighted by Gasteiger charge is 2.22. The van der Waals surface area contributed by atoms with Crippen LogP contribution >= 0.6 is 11.8 Å². The van der Waals surface area contributed by atoms with Gasteiger partial charge in [0.25, 0.3) is 0 Å². The zero-order chi connectivity index (χ0) is 15.0. The Morgan fingerprint density at radius 2 is 2.10 bits per heavy atom. The molecule has 3 nitrogen and oxygen atoms in total. The van der Waals surface area contributed by atoms with Crippen molar-refractivity contribution < 1.29 is 8.78 Å². The lowest BCUT2D eigenvalue weighted by Crippen LogP contribution is -2.16. The molecule has 0 amide bonds. The summed E-state index contributed by atoms with van der Waals surface area (Å²) in [5.74, 6) is -1.65. The summed E-state index contributed by atoms with van der Waals surface area (Å²) < 4.78 is 28.1. The van der Waals surface area contributed by atoms with Gasteiger partial charge in [0.15, 0.2) is 11.6 Å². The molecule has 0 radical (unpaired) electrons. The maximum absolute atomic E-state index is 13.3. The molecule has 112 valence electrons. The van der Waals surface area contributed by atoms with Gasteiger partial charge < -0.3 is 5.32 Å². The summed E-state index contributed by atoms with van der Waals surface area (Å²) in [6.45, 7) is 2.73. The molecule has 1 aliphatic carbocycles. The second-order valence-corrected chi connectivity index (χ2v) is 6.39. The lowest BCUT2D eigenvalue weighted by Gasteiger charge is -2.08. The normalized spacial score (nSPS) is 14.7. The van der Waals surface area contributed by atoms with Crippen LogP contribution in [0.4, 0.5) is 8.78 Å². The first kappa shape index (κ1) is 14.5. The molecule has 3 rings (SSSR count). The molecule has 1 saturated carbocycles. The minimum Gasteiger partial charge on any atom is -0.310 e. The minimum absolute atomic E-state index is 0.616. The predicted octanol–water partition coefficient (Wildman–Crippen LogP) is 3.41. The molecule has 1 heterocycles.